The van der Waals surface area contributed by atoms with E-state index >= 15 is 0 Å². The van der Waals surface area contributed by atoms with Gasteiger partial charge in [0.2, 0.25) is 0 Å². The molecule has 0 fully saturated rings. The minimum absolute atomic E-state index is 0.824. The standard InChI is InChI=1S/C11H7ClF12O2/c12-4-1-9(21,22)11(23,24)10(4,25-2-7(17,18)5(13)14)26-3-8(19,20)6(15)16/h1,5-6H,2-3H2. The molecule has 0 aromatic carbocycles. The van der Waals surface area contributed by atoms with Gasteiger partial charge in [0.25, 0.3) is 5.79 Å². The first-order valence-electron chi connectivity index (χ1n) is 6.17. The molecule has 0 spiro atoms. The van der Waals surface area contributed by atoms with E-state index in [0.29, 0.717) is 0 Å². The molecular formula is C11H7ClF12O2. The molecule has 1 aliphatic rings. The van der Waals surface area contributed by atoms with Crippen molar-refractivity contribution in [3.05, 3.63) is 11.1 Å². The number of alkyl halides is 12. The van der Waals surface area contributed by atoms with Crippen LogP contribution in [0.4, 0.5) is 52.7 Å². The quantitative estimate of drug-likeness (QED) is 0.399. The molecular weight excluding hydrogens is 428 g/mol. The van der Waals surface area contributed by atoms with Crippen LogP contribution < -0.4 is 0 Å². The van der Waals surface area contributed by atoms with Gasteiger partial charge in [-0.25, -0.2) is 17.6 Å². The lowest BCUT2D eigenvalue weighted by molar-refractivity contribution is -0.372. The molecule has 26 heavy (non-hydrogen) atoms. The van der Waals surface area contributed by atoms with Gasteiger partial charge in [0.1, 0.15) is 13.2 Å². The number of ether oxygens (including phenoxy) is 2. The Bertz CT molecular complexity index is 523. The zero-order valence-corrected chi connectivity index (χ0v) is 12.6. The highest BCUT2D eigenvalue weighted by Gasteiger charge is 2.77. The van der Waals surface area contributed by atoms with Crippen molar-refractivity contribution in [2.24, 2.45) is 0 Å². The van der Waals surface area contributed by atoms with E-state index in [1.807, 2.05) is 0 Å². The summed E-state index contributed by atoms with van der Waals surface area (Å²) in [7, 11) is 0. The second kappa shape index (κ2) is 6.93. The van der Waals surface area contributed by atoms with Gasteiger partial charge >= 0.3 is 36.5 Å². The van der Waals surface area contributed by atoms with Crippen LogP contribution in [0.3, 0.4) is 0 Å². The third kappa shape index (κ3) is 3.86. The van der Waals surface area contributed by atoms with Gasteiger partial charge in [-0.1, -0.05) is 11.6 Å². The first-order valence-corrected chi connectivity index (χ1v) is 6.55. The summed E-state index contributed by atoms with van der Waals surface area (Å²) in [5.41, 5.74) is 0. The molecule has 0 atom stereocenters. The molecule has 0 saturated carbocycles. The normalized spacial score (nSPS) is 22.2. The van der Waals surface area contributed by atoms with E-state index in [0.717, 1.165) is 0 Å². The van der Waals surface area contributed by atoms with Crippen molar-refractivity contribution in [2.45, 2.75) is 42.3 Å². The fourth-order valence-electron chi connectivity index (χ4n) is 1.60. The number of rotatable bonds is 8. The van der Waals surface area contributed by atoms with Gasteiger partial charge < -0.3 is 9.47 Å². The van der Waals surface area contributed by atoms with Crippen LogP contribution in [0.2, 0.25) is 0 Å². The number of hydrogen-bond acceptors (Lipinski definition) is 2. The van der Waals surface area contributed by atoms with Gasteiger partial charge in [-0.15, -0.1) is 0 Å². The Balaban J connectivity index is 3.25. The monoisotopic (exact) mass is 434 g/mol. The maximum absolute atomic E-state index is 13.8. The fourth-order valence-corrected chi connectivity index (χ4v) is 1.96. The van der Waals surface area contributed by atoms with Gasteiger partial charge in [-0.2, -0.15) is 35.1 Å². The molecule has 1 aliphatic carbocycles. The zero-order chi connectivity index (χ0) is 20.8. The first-order chi connectivity index (χ1) is 11.4. The lowest BCUT2D eigenvalue weighted by atomic mass is 10.1. The Hall–Kier alpha value is -0.890. The van der Waals surface area contributed by atoms with Crippen LogP contribution >= 0.6 is 11.6 Å². The molecule has 0 bridgehead atoms. The zero-order valence-electron chi connectivity index (χ0n) is 11.9. The van der Waals surface area contributed by atoms with Gasteiger partial charge in [0.15, 0.2) is 0 Å². The van der Waals surface area contributed by atoms with Crippen molar-refractivity contribution in [3.63, 3.8) is 0 Å². The molecule has 0 radical (unpaired) electrons. The van der Waals surface area contributed by atoms with Crippen molar-refractivity contribution in [3.8, 4) is 0 Å². The molecule has 0 aromatic rings. The molecule has 0 amide bonds. The Morgan fingerprint density at radius 2 is 1.19 bits per heavy atom. The van der Waals surface area contributed by atoms with Crippen LogP contribution in [0.5, 0.6) is 0 Å². The summed E-state index contributed by atoms with van der Waals surface area (Å²) in [6.45, 7) is -5.44. The van der Waals surface area contributed by atoms with Crippen LogP contribution in [0.15, 0.2) is 11.1 Å². The number of halogens is 13. The minimum atomic E-state index is -5.77. The topological polar surface area (TPSA) is 18.5 Å². The summed E-state index contributed by atoms with van der Waals surface area (Å²) in [4.78, 5) is 0. The third-order valence-electron chi connectivity index (χ3n) is 3.03. The van der Waals surface area contributed by atoms with Crippen LogP contribution in [0.25, 0.3) is 0 Å². The van der Waals surface area contributed by atoms with Gasteiger partial charge in [-0.05, 0) is 0 Å². The average Bonchev–Trinajstić information content (AvgIpc) is 2.58. The molecule has 0 aliphatic heterocycles. The van der Waals surface area contributed by atoms with E-state index in [1.165, 1.54) is 0 Å². The van der Waals surface area contributed by atoms with Crippen LogP contribution in [0.1, 0.15) is 0 Å². The predicted molar refractivity (Wildman–Crippen MR) is 60.4 cm³/mol. The van der Waals surface area contributed by atoms with Crippen LogP contribution in [-0.4, -0.2) is 55.5 Å². The maximum Gasteiger partial charge on any atom is 0.371 e. The lowest BCUT2D eigenvalue weighted by Crippen LogP contribution is -2.59. The maximum atomic E-state index is 13.8. The van der Waals surface area contributed by atoms with Crippen LogP contribution in [-0.2, 0) is 9.47 Å². The van der Waals surface area contributed by atoms with E-state index in [-0.39, 0.29) is 0 Å². The molecule has 15 heteroatoms. The average molecular weight is 435 g/mol. The van der Waals surface area contributed by atoms with Crippen molar-refractivity contribution in [1.82, 2.24) is 0 Å². The summed E-state index contributed by atoms with van der Waals surface area (Å²) in [6, 6.07) is 0. The van der Waals surface area contributed by atoms with E-state index in [4.69, 9.17) is 11.6 Å². The van der Waals surface area contributed by atoms with Crippen LogP contribution in [0, 0.1) is 0 Å². The summed E-state index contributed by atoms with van der Waals surface area (Å²) in [6.07, 6.45) is -9.88. The lowest BCUT2D eigenvalue weighted by Gasteiger charge is -2.38. The van der Waals surface area contributed by atoms with E-state index in [9.17, 15) is 52.7 Å². The van der Waals surface area contributed by atoms with Crippen molar-refractivity contribution in [2.75, 3.05) is 13.2 Å². The molecule has 1 rings (SSSR count). The summed E-state index contributed by atoms with van der Waals surface area (Å²) >= 11 is 5.01. The molecule has 0 heterocycles. The van der Waals surface area contributed by atoms with E-state index < -0.39 is 66.7 Å². The number of allylic oxidation sites excluding steroid dienone is 1. The summed E-state index contributed by atoms with van der Waals surface area (Å²) < 4.78 is 161. The highest BCUT2D eigenvalue weighted by molar-refractivity contribution is 6.31. The molecule has 2 nitrogen and oxygen atoms in total. The van der Waals surface area contributed by atoms with Gasteiger partial charge in [0, 0.05) is 6.08 Å². The molecule has 0 saturated heterocycles. The summed E-state index contributed by atoms with van der Waals surface area (Å²) in [5.74, 6) is -26.1. The molecule has 154 valence electrons. The SMILES string of the molecule is FC(F)C(F)(F)COC1(OCC(F)(F)C(F)F)C(Cl)=CC(F)(F)C1(F)F. The van der Waals surface area contributed by atoms with E-state index in [1.54, 1.807) is 0 Å². The Labute approximate surface area is 141 Å². The second-order valence-electron chi connectivity index (χ2n) is 5.01. The second-order valence-corrected chi connectivity index (χ2v) is 5.41. The van der Waals surface area contributed by atoms with Crippen molar-refractivity contribution >= 4 is 11.6 Å². The van der Waals surface area contributed by atoms with Gasteiger partial charge in [-0.3, -0.25) is 0 Å². The highest BCUT2D eigenvalue weighted by atomic mass is 35.5. The largest absolute Gasteiger partial charge is 0.371 e. The van der Waals surface area contributed by atoms with Crippen molar-refractivity contribution < 1.29 is 62.2 Å². The predicted octanol–water partition coefficient (Wildman–Crippen LogP) is 4.92. The Kier molecular flexibility index (Phi) is 6.17. The van der Waals surface area contributed by atoms with E-state index in [2.05, 4.69) is 9.47 Å². The Morgan fingerprint density at radius 3 is 1.42 bits per heavy atom. The number of hydrogen-bond donors (Lipinski definition) is 0. The Morgan fingerprint density at radius 1 is 0.846 bits per heavy atom. The molecule has 0 aromatic heterocycles. The highest BCUT2D eigenvalue weighted by Crippen LogP contribution is 2.57. The fraction of sp³-hybridized carbons (Fsp3) is 0.818. The molecule has 0 unspecified atom stereocenters. The van der Waals surface area contributed by atoms with Crippen molar-refractivity contribution in [1.29, 1.82) is 0 Å². The third-order valence-corrected chi connectivity index (χ3v) is 3.39. The first kappa shape index (κ1) is 23.1. The minimum Gasteiger partial charge on any atom is -0.334 e. The molecule has 0 N–H and O–H groups in total. The smallest absolute Gasteiger partial charge is 0.334 e. The van der Waals surface area contributed by atoms with Gasteiger partial charge in [0.05, 0.1) is 5.03 Å². The summed E-state index contributed by atoms with van der Waals surface area (Å²) in [5, 5.41) is -1.97.